The van der Waals surface area contributed by atoms with E-state index in [1.165, 1.54) is 37.5 Å². The van der Waals surface area contributed by atoms with E-state index >= 15 is 0 Å². The molecule has 3 fully saturated rings. The molecule has 238 valence electrons. The first-order chi connectivity index (χ1) is 21.4. The van der Waals surface area contributed by atoms with Crippen molar-refractivity contribution in [2.75, 3.05) is 19.6 Å². The maximum absolute atomic E-state index is 13.9. The molecule has 7 rings (SSSR count). The molecule has 1 spiro atoms. The molecule has 5 aliphatic rings. The molecule has 3 aliphatic carbocycles. The van der Waals surface area contributed by atoms with Crippen LogP contribution in [0.3, 0.4) is 0 Å². The van der Waals surface area contributed by atoms with Crippen molar-refractivity contribution in [1.82, 2.24) is 9.80 Å². The molecule has 2 saturated carbocycles. The third-order valence-corrected chi connectivity index (χ3v) is 10.7. The third kappa shape index (κ3) is 4.91. The fourth-order valence-electron chi connectivity index (χ4n) is 8.88. The van der Waals surface area contributed by atoms with Crippen molar-refractivity contribution in [3.05, 3.63) is 64.7 Å². The van der Waals surface area contributed by atoms with Crippen molar-refractivity contribution in [1.29, 1.82) is 0 Å². The summed E-state index contributed by atoms with van der Waals surface area (Å²) in [4.78, 5) is 31.2. The summed E-state index contributed by atoms with van der Waals surface area (Å²) in [7, 11) is 0. The summed E-state index contributed by atoms with van der Waals surface area (Å²) in [6, 6.07) is 10.4. The average Bonchev–Trinajstić information content (AvgIpc) is 3.73. The molecule has 0 radical (unpaired) electrons. The highest BCUT2D eigenvalue weighted by Crippen LogP contribution is 2.66. The monoisotopic (exact) mass is 620 g/mol. The van der Waals surface area contributed by atoms with Crippen LogP contribution in [-0.2, 0) is 32.3 Å². The molecule has 1 saturated heterocycles. The predicted molar refractivity (Wildman–Crippen MR) is 161 cm³/mol. The van der Waals surface area contributed by atoms with Crippen LogP contribution < -0.4 is 4.74 Å². The summed E-state index contributed by atoms with van der Waals surface area (Å²) in [5.74, 6) is 6.49. The molecule has 45 heavy (non-hydrogen) atoms. The van der Waals surface area contributed by atoms with Crippen LogP contribution in [0.2, 0.25) is 0 Å². The number of halogens is 3. The summed E-state index contributed by atoms with van der Waals surface area (Å²) in [5, 5.41) is 0. The van der Waals surface area contributed by atoms with Gasteiger partial charge in [-0.05, 0) is 92.8 Å². The first-order valence-corrected chi connectivity index (χ1v) is 16.2. The Morgan fingerprint density at radius 1 is 1.11 bits per heavy atom. The van der Waals surface area contributed by atoms with E-state index in [4.69, 9.17) is 9.47 Å². The van der Waals surface area contributed by atoms with Crippen LogP contribution in [0.15, 0.2) is 42.5 Å². The lowest BCUT2D eigenvalue weighted by Crippen LogP contribution is -2.79. The van der Waals surface area contributed by atoms with Gasteiger partial charge >= 0.3 is 12.1 Å². The SMILES string of the molecule is CC(=O)O[C@@]12CC[C@@H](N(CC(C)C)C(=O)C#Cc3ccc(C(F)(F)F)cc3)[C@@H]3Oc4cccc5c4[C@@]31CCN(CC1CC1)[C@@H]2C5. The second-order valence-electron chi connectivity index (χ2n) is 14.0. The number of carbonyl (C=O) groups is 2. The molecule has 2 heterocycles. The average molecular weight is 621 g/mol. The summed E-state index contributed by atoms with van der Waals surface area (Å²) < 4.78 is 52.6. The molecule has 2 bridgehead atoms. The smallest absolute Gasteiger partial charge is 0.416 e. The number of piperidine rings is 1. The fraction of sp³-hybridized carbons (Fsp3) is 0.556. The van der Waals surface area contributed by atoms with Crippen LogP contribution >= 0.6 is 0 Å². The Balaban J connectivity index is 1.27. The van der Waals surface area contributed by atoms with Gasteiger partial charge in [-0.15, -0.1) is 0 Å². The molecule has 2 aromatic carbocycles. The number of likely N-dealkylation sites (tertiary alicyclic amines) is 1. The molecule has 5 atom stereocenters. The molecular weight excluding hydrogens is 581 g/mol. The normalized spacial score (nSPS) is 29.7. The van der Waals surface area contributed by atoms with Gasteiger partial charge in [-0.3, -0.25) is 14.5 Å². The number of ether oxygens (including phenoxy) is 2. The predicted octanol–water partition coefficient (Wildman–Crippen LogP) is 5.75. The first-order valence-electron chi connectivity index (χ1n) is 16.2. The minimum absolute atomic E-state index is 0.0253. The van der Waals surface area contributed by atoms with Crippen molar-refractivity contribution in [2.45, 2.75) is 94.7 Å². The van der Waals surface area contributed by atoms with Crippen LogP contribution in [0.25, 0.3) is 0 Å². The van der Waals surface area contributed by atoms with Gasteiger partial charge in [0, 0.05) is 37.1 Å². The van der Waals surface area contributed by atoms with E-state index in [-0.39, 0.29) is 29.9 Å². The summed E-state index contributed by atoms with van der Waals surface area (Å²) >= 11 is 0. The second kappa shape index (κ2) is 10.8. The number of rotatable bonds is 6. The highest BCUT2D eigenvalue weighted by Gasteiger charge is 2.75. The zero-order valence-corrected chi connectivity index (χ0v) is 26.0. The van der Waals surface area contributed by atoms with Crippen molar-refractivity contribution >= 4 is 11.9 Å². The third-order valence-electron chi connectivity index (χ3n) is 10.7. The van der Waals surface area contributed by atoms with Crippen LogP contribution in [0, 0.1) is 23.7 Å². The van der Waals surface area contributed by atoms with E-state index in [0.29, 0.717) is 30.9 Å². The topological polar surface area (TPSA) is 59.1 Å². The number of hydrogen-bond acceptors (Lipinski definition) is 5. The quantitative estimate of drug-likeness (QED) is 0.305. The number of carbonyl (C=O) groups excluding carboxylic acids is 2. The number of benzene rings is 2. The standard InChI is InChI=1S/C36H39F3N2O4/c1-22(2)20-41(31(43)14-11-24-9-12-27(13-10-24)36(37,38)39)28-15-16-35(45-23(3)42)30-19-26-5-4-6-29-32(26)34(35,33(28)44-29)17-18-40(30)21-25-7-8-25/h4-6,9-10,12-13,22,25,28,30,33H,7-8,15-21H2,1-3H3/t28-,30-,33+,34+,35-/m1/s1. The van der Waals surface area contributed by atoms with Crippen molar-refractivity contribution in [3.8, 4) is 17.6 Å². The Kier molecular flexibility index (Phi) is 7.23. The Morgan fingerprint density at radius 2 is 1.87 bits per heavy atom. The Morgan fingerprint density at radius 3 is 2.53 bits per heavy atom. The second-order valence-corrected chi connectivity index (χ2v) is 14.0. The van der Waals surface area contributed by atoms with Gasteiger partial charge in [-0.25, -0.2) is 0 Å². The van der Waals surface area contributed by atoms with E-state index in [1.54, 1.807) is 0 Å². The maximum Gasteiger partial charge on any atom is 0.416 e. The van der Waals surface area contributed by atoms with E-state index in [9.17, 15) is 22.8 Å². The largest absolute Gasteiger partial charge is 0.487 e. The molecule has 6 nitrogen and oxygen atoms in total. The molecule has 1 amide bonds. The van der Waals surface area contributed by atoms with Gasteiger partial charge < -0.3 is 14.4 Å². The molecule has 0 N–H and O–H groups in total. The Labute approximate surface area is 262 Å². The lowest BCUT2D eigenvalue weighted by Gasteiger charge is -2.65. The fourth-order valence-corrected chi connectivity index (χ4v) is 8.88. The van der Waals surface area contributed by atoms with E-state index in [0.717, 1.165) is 49.4 Å². The van der Waals surface area contributed by atoms with Crippen LogP contribution in [0.5, 0.6) is 5.75 Å². The number of nitrogens with zero attached hydrogens (tertiary/aromatic N) is 2. The zero-order valence-electron chi connectivity index (χ0n) is 26.0. The van der Waals surface area contributed by atoms with Crippen molar-refractivity contribution < 1.29 is 32.2 Å². The van der Waals surface area contributed by atoms with Gasteiger partial charge in [-0.2, -0.15) is 13.2 Å². The van der Waals surface area contributed by atoms with Gasteiger partial charge in [0.1, 0.15) is 17.5 Å². The molecule has 9 heteroatoms. The number of esters is 1. The molecule has 2 aliphatic heterocycles. The summed E-state index contributed by atoms with van der Waals surface area (Å²) in [6.45, 7) is 7.91. The van der Waals surface area contributed by atoms with E-state index in [2.05, 4.69) is 22.8 Å². The van der Waals surface area contributed by atoms with Gasteiger partial charge in [-0.1, -0.05) is 31.9 Å². The van der Waals surface area contributed by atoms with Crippen molar-refractivity contribution in [2.24, 2.45) is 11.8 Å². The van der Waals surface area contributed by atoms with Gasteiger partial charge in [0.2, 0.25) is 0 Å². The maximum atomic E-state index is 13.9. The number of alkyl halides is 3. The van der Waals surface area contributed by atoms with Gasteiger partial charge in [0.25, 0.3) is 5.91 Å². The first kappa shape index (κ1) is 30.2. The summed E-state index contributed by atoms with van der Waals surface area (Å²) in [6.07, 6.45) is 0.342. The van der Waals surface area contributed by atoms with Crippen LogP contribution in [0.4, 0.5) is 13.2 Å². The van der Waals surface area contributed by atoms with Crippen LogP contribution in [0.1, 0.15) is 75.1 Å². The van der Waals surface area contributed by atoms with Gasteiger partial charge in [0.05, 0.1) is 23.1 Å². The van der Waals surface area contributed by atoms with Crippen LogP contribution in [-0.4, -0.2) is 65.1 Å². The molecular formula is C36H39F3N2O4. The highest BCUT2D eigenvalue weighted by atomic mass is 19.4. The molecule has 0 aromatic heterocycles. The van der Waals surface area contributed by atoms with Crippen molar-refractivity contribution in [3.63, 3.8) is 0 Å². The molecule has 0 unspecified atom stereocenters. The lowest BCUT2D eigenvalue weighted by atomic mass is 9.48. The number of hydrogen-bond donors (Lipinski definition) is 0. The lowest BCUT2D eigenvalue weighted by molar-refractivity contribution is -0.224. The Hall–Kier alpha value is -3.51. The van der Waals surface area contributed by atoms with E-state index < -0.39 is 28.9 Å². The zero-order chi connectivity index (χ0) is 31.7. The Bertz CT molecular complexity index is 1570. The van der Waals surface area contributed by atoms with Gasteiger partial charge in [0.15, 0.2) is 0 Å². The minimum Gasteiger partial charge on any atom is -0.487 e. The van der Waals surface area contributed by atoms with E-state index in [1.807, 2.05) is 30.9 Å². The minimum atomic E-state index is -4.44. The number of amides is 1. The highest BCUT2D eigenvalue weighted by molar-refractivity contribution is 5.94. The molecule has 2 aromatic rings. The summed E-state index contributed by atoms with van der Waals surface area (Å²) in [5.41, 5.74) is 0.566.